The fourth-order valence-corrected chi connectivity index (χ4v) is 5.34. The molecule has 236 valence electrons. The zero-order valence-corrected chi connectivity index (χ0v) is 23.9. The number of hydrogen-bond donors (Lipinski definition) is 1. The largest absolute Gasteiger partial charge is 0.445 e. The third-order valence-electron chi connectivity index (χ3n) is 7.57. The van der Waals surface area contributed by atoms with E-state index < -0.39 is 35.6 Å². The average molecular weight is 638 g/mol. The average Bonchev–Trinajstić information content (AvgIpc) is 3.54. The van der Waals surface area contributed by atoms with Gasteiger partial charge in [0.2, 0.25) is 0 Å². The monoisotopic (exact) mass is 637 g/mol. The lowest BCUT2D eigenvalue weighted by molar-refractivity contribution is -0.138. The summed E-state index contributed by atoms with van der Waals surface area (Å²) < 4.78 is 86.5. The maximum atomic E-state index is 13.8. The Morgan fingerprint density at radius 1 is 0.891 bits per heavy atom. The smallest absolute Gasteiger partial charge is 0.418 e. The zero-order chi connectivity index (χ0) is 32.5. The summed E-state index contributed by atoms with van der Waals surface area (Å²) in [7, 11) is 0. The van der Waals surface area contributed by atoms with Crippen LogP contribution >= 0.6 is 0 Å². The number of nitrogens with one attached hydrogen (secondary N) is 1. The van der Waals surface area contributed by atoms with Gasteiger partial charge in [-0.05, 0) is 66.9 Å². The first kappa shape index (κ1) is 30.8. The molecule has 6 rings (SSSR count). The van der Waals surface area contributed by atoms with Crippen LogP contribution in [0.4, 0.5) is 42.6 Å². The molecule has 1 amide bonds. The predicted molar refractivity (Wildman–Crippen MR) is 158 cm³/mol. The molecule has 1 aliphatic rings. The number of carbonyl (C=O) groups excluding carboxylic acids is 1. The minimum atomic E-state index is -4.66. The van der Waals surface area contributed by atoms with Gasteiger partial charge in [-0.25, -0.2) is 14.8 Å². The van der Waals surface area contributed by atoms with Crippen LogP contribution in [0.25, 0.3) is 22.2 Å². The Labute approximate surface area is 258 Å². The van der Waals surface area contributed by atoms with Crippen LogP contribution in [0, 0.1) is 0 Å². The molecule has 1 saturated heterocycles. The number of benzene rings is 3. The van der Waals surface area contributed by atoms with Gasteiger partial charge < -0.3 is 10.1 Å². The van der Waals surface area contributed by atoms with E-state index in [1.807, 2.05) is 30.3 Å². The molecule has 0 bridgehead atoms. The molecule has 1 atom stereocenters. The summed E-state index contributed by atoms with van der Waals surface area (Å²) >= 11 is 0. The van der Waals surface area contributed by atoms with Gasteiger partial charge in [0.25, 0.3) is 0 Å². The number of ether oxygens (including phenoxy) is 1. The Hall–Kier alpha value is -5.20. The van der Waals surface area contributed by atoms with Gasteiger partial charge >= 0.3 is 18.4 Å². The fourth-order valence-electron chi connectivity index (χ4n) is 5.34. The highest BCUT2D eigenvalue weighted by Gasteiger charge is 2.36. The molecule has 3 heterocycles. The van der Waals surface area contributed by atoms with Crippen LogP contribution < -0.4 is 5.32 Å². The Kier molecular flexibility index (Phi) is 8.24. The van der Waals surface area contributed by atoms with Crippen LogP contribution in [-0.4, -0.2) is 32.5 Å². The summed E-state index contributed by atoms with van der Waals surface area (Å²) in [6.45, 7) is 0.418. The third kappa shape index (κ3) is 6.58. The summed E-state index contributed by atoms with van der Waals surface area (Å²) in [5, 5.41) is 3.42. The number of hydrogen-bond acceptors (Lipinski definition) is 6. The lowest BCUT2D eigenvalue weighted by atomic mass is 10.0. The van der Waals surface area contributed by atoms with Crippen molar-refractivity contribution >= 4 is 28.5 Å². The number of anilines is 2. The van der Waals surface area contributed by atoms with E-state index in [0.717, 1.165) is 23.8 Å². The molecule has 1 N–H and O–H groups in total. The lowest BCUT2D eigenvalue weighted by Gasteiger charge is -2.24. The van der Waals surface area contributed by atoms with Gasteiger partial charge in [-0.3, -0.25) is 9.88 Å². The van der Waals surface area contributed by atoms with Crippen LogP contribution in [0.2, 0.25) is 0 Å². The van der Waals surface area contributed by atoms with Crippen LogP contribution in [0.1, 0.15) is 41.4 Å². The normalized spacial score (nSPS) is 15.3. The summed E-state index contributed by atoms with van der Waals surface area (Å²) in [5.74, 6) is 0.401. The van der Waals surface area contributed by atoms with Crippen molar-refractivity contribution in [1.82, 2.24) is 19.9 Å². The molecule has 2 aromatic heterocycles. The van der Waals surface area contributed by atoms with Crippen molar-refractivity contribution in [2.45, 2.75) is 37.8 Å². The minimum absolute atomic E-state index is 0.0527. The van der Waals surface area contributed by atoms with E-state index >= 15 is 0 Å². The van der Waals surface area contributed by atoms with Crippen LogP contribution in [0.5, 0.6) is 0 Å². The van der Waals surface area contributed by atoms with E-state index in [4.69, 9.17) is 4.74 Å². The SMILES string of the molecule is O=C(OCc1ccccc1)N1CCC[C@H]1c1nc(Nc2ccc(C(F)(F)F)cc2)c2ccc(-c3ncccc3C(F)(F)F)cc2n1. The molecule has 7 nitrogen and oxygen atoms in total. The molecule has 1 fully saturated rings. The van der Waals surface area contributed by atoms with Crippen molar-refractivity contribution in [3.05, 3.63) is 114 Å². The van der Waals surface area contributed by atoms with E-state index in [-0.39, 0.29) is 40.7 Å². The molecule has 0 aliphatic carbocycles. The fraction of sp³-hybridized carbons (Fsp3) is 0.212. The minimum Gasteiger partial charge on any atom is -0.445 e. The van der Waals surface area contributed by atoms with Crippen molar-refractivity contribution < 1.29 is 35.9 Å². The molecule has 0 saturated carbocycles. The van der Waals surface area contributed by atoms with Gasteiger partial charge in [0.05, 0.1) is 28.4 Å². The van der Waals surface area contributed by atoms with E-state index in [2.05, 4.69) is 20.3 Å². The quantitative estimate of drug-likeness (QED) is 0.187. The van der Waals surface area contributed by atoms with Gasteiger partial charge in [-0.1, -0.05) is 36.4 Å². The number of halogens is 6. The number of fused-ring (bicyclic) bond motifs is 1. The summed E-state index contributed by atoms with van der Waals surface area (Å²) in [6.07, 6.45) is -7.39. The summed E-state index contributed by atoms with van der Waals surface area (Å²) in [4.78, 5) is 28.0. The topological polar surface area (TPSA) is 80.2 Å². The number of aromatic nitrogens is 3. The molecule has 13 heteroatoms. The van der Waals surface area contributed by atoms with Crippen LogP contribution in [-0.2, 0) is 23.7 Å². The third-order valence-corrected chi connectivity index (χ3v) is 7.57. The van der Waals surface area contributed by atoms with Crippen molar-refractivity contribution in [3.8, 4) is 11.3 Å². The molecule has 5 aromatic rings. The van der Waals surface area contributed by atoms with Crippen molar-refractivity contribution in [2.75, 3.05) is 11.9 Å². The molecule has 1 aliphatic heterocycles. The van der Waals surface area contributed by atoms with Crippen LogP contribution in [0.3, 0.4) is 0 Å². The number of amides is 1. The maximum Gasteiger partial charge on any atom is 0.418 e. The van der Waals surface area contributed by atoms with Crippen molar-refractivity contribution in [1.29, 1.82) is 0 Å². The van der Waals surface area contributed by atoms with E-state index in [1.165, 1.54) is 47.5 Å². The molecule has 3 aromatic carbocycles. The summed E-state index contributed by atoms with van der Waals surface area (Å²) in [5.41, 5.74) is -0.552. The second-order valence-corrected chi connectivity index (χ2v) is 10.7. The zero-order valence-electron chi connectivity index (χ0n) is 23.9. The first-order valence-corrected chi connectivity index (χ1v) is 14.2. The standard InChI is InChI=1S/C33H25F6N5O2/c34-32(35,36)22-11-13-23(14-12-22)41-29-24-15-10-21(28-25(33(37,38)39)8-4-16-40-28)18-26(24)42-30(43-29)27-9-5-17-44(27)31(45)46-19-20-6-2-1-3-7-20/h1-4,6-8,10-16,18,27H,5,9,17,19H2,(H,41,42,43)/t27-/m0/s1. The first-order valence-electron chi connectivity index (χ1n) is 14.2. The second-order valence-electron chi connectivity index (χ2n) is 10.7. The second kappa shape index (κ2) is 12.3. The van der Waals surface area contributed by atoms with Gasteiger partial charge in [0, 0.05) is 29.4 Å². The lowest BCUT2D eigenvalue weighted by Crippen LogP contribution is -2.32. The number of carbonyl (C=O) groups is 1. The van der Waals surface area contributed by atoms with Gasteiger partial charge in [-0.15, -0.1) is 0 Å². The number of nitrogens with zero attached hydrogens (tertiary/aromatic N) is 4. The number of rotatable bonds is 6. The molecular formula is C33H25F6N5O2. The first-order chi connectivity index (χ1) is 22.0. The Balaban J connectivity index is 1.39. The van der Waals surface area contributed by atoms with Gasteiger partial charge in [0.15, 0.2) is 5.82 Å². The van der Waals surface area contributed by atoms with Crippen molar-refractivity contribution in [2.24, 2.45) is 0 Å². The molecule has 0 radical (unpaired) electrons. The Morgan fingerprint density at radius 3 is 2.37 bits per heavy atom. The van der Waals surface area contributed by atoms with E-state index in [1.54, 1.807) is 0 Å². The highest BCUT2D eigenvalue weighted by molar-refractivity contribution is 5.93. The summed E-state index contributed by atoms with van der Waals surface area (Å²) in [6, 6.07) is 19.4. The number of alkyl halides is 6. The van der Waals surface area contributed by atoms with E-state index in [0.29, 0.717) is 24.8 Å². The predicted octanol–water partition coefficient (Wildman–Crippen LogP) is 8.95. The highest BCUT2D eigenvalue weighted by Crippen LogP contribution is 2.39. The molecule has 46 heavy (non-hydrogen) atoms. The van der Waals surface area contributed by atoms with E-state index in [9.17, 15) is 31.1 Å². The maximum absolute atomic E-state index is 13.8. The Bertz CT molecular complexity index is 1860. The van der Waals surface area contributed by atoms with Crippen molar-refractivity contribution in [3.63, 3.8) is 0 Å². The molecule has 0 spiro atoms. The van der Waals surface area contributed by atoms with Gasteiger partial charge in [0.1, 0.15) is 12.4 Å². The number of pyridine rings is 1. The molecular weight excluding hydrogens is 612 g/mol. The highest BCUT2D eigenvalue weighted by atomic mass is 19.4. The van der Waals surface area contributed by atoms with Crippen LogP contribution in [0.15, 0.2) is 91.1 Å². The molecule has 0 unspecified atom stereocenters. The number of likely N-dealkylation sites (tertiary alicyclic amines) is 1. The Morgan fingerprint density at radius 2 is 1.65 bits per heavy atom. The van der Waals surface area contributed by atoms with Gasteiger partial charge in [-0.2, -0.15) is 26.3 Å².